The van der Waals surface area contributed by atoms with Crippen LogP contribution in [-0.4, -0.2) is 101 Å². The van der Waals surface area contributed by atoms with Gasteiger partial charge in [-0.05, 0) is 61.3 Å². The van der Waals surface area contributed by atoms with Gasteiger partial charge in [-0.15, -0.1) is 0 Å². The number of rotatable bonds is 25. The number of hydrogen-bond acceptors (Lipinski definition) is 4. The van der Waals surface area contributed by atoms with Crippen LogP contribution >= 0.6 is 0 Å². The maximum atomic E-state index is 13.6. The van der Waals surface area contributed by atoms with E-state index in [-0.39, 0.29) is 38.2 Å². The van der Waals surface area contributed by atoms with Crippen molar-refractivity contribution in [2.45, 2.75) is 129 Å². The standard InChI is InChI=1S/C39H75N6O3.CH4/c1-31(2)21-43(22-32(3)4)37(46)27-41(28-38(47)44(23-33(5)6)24-34(7)8)18-16-14-13-15-17-40-19-20-42(30-40)29-39(48)45(25-35(9)10)26-36(11)12;/h19-20,30-36H,13-18,21-29H2,1-12H3;1H4/q+1;. The molecule has 0 unspecified atom stereocenters. The minimum atomic E-state index is 0. The number of hydrogen-bond donors (Lipinski definition) is 0. The van der Waals surface area contributed by atoms with Gasteiger partial charge in [0, 0.05) is 39.3 Å². The molecular formula is C40H79N6O3+. The molecule has 1 rings (SSSR count). The maximum absolute atomic E-state index is 13.6. The molecule has 0 spiro atoms. The highest BCUT2D eigenvalue weighted by atomic mass is 16.2. The van der Waals surface area contributed by atoms with Crippen LogP contribution in [0.1, 0.15) is 116 Å². The molecule has 286 valence electrons. The third-order valence-corrected chi connectivity index (χ3v) is 7.99. The van der Waals surface area contributed by atoms with E-state index in [2.05, 4.69) is 98.7 Å². The molecule has 1 aromatic rings. The summed E-state index contributed by atoms with van der Waals surface area (Å²) in [5, 5.41) is 0. The van der Waals surface area contributed by atoms with Crippen molar-refractivity contribution in [3.8, 4) is 0 Å². The average Bonchev–Trinajstić information content (AvgIpc) is 3.39. The number of aryl methyl sites for hydroxylation is 1. The molecule has 0 radical (unpaired) electrons. The van der Waals surface area contributed by atoms with Gasteiger partial charge in [0.15, 0.2) is 6.54 Å². The molecule has 0 saturated heterocycles. The summed E-state index contributed by atoms with van der Waals surface area (Å²) < 4.78 is 4.16. The lowest BCUT2D eigenvalue weighted by Gasteiger charge is -2.32. The van der Waals surface area contributed by atoms with Gasteiger partial charge in [0.25, 0.3) is 5.91 Å². The van der Waals surface area contributed by atoms with E-state index in [1.807, 2.05) is 31.8 Å². The first-order valence-corrected chi connectivity index (χ1v) is 19.1. The molecule has 0 aliphatic rings. The quantitative estimate of drug-likeness (QED) is 0.0846. The minimum absolute atomic E-state index is 0. The molecule has 0 aliphatic carbocycles. The zero-order valence-electron chi connectivity index (χ0n) is 33.2. The molecule has 3 amide bonds. The molecule has 0 fully saturated rings. The van der Waals surface area contributed by atoms with E-state index in [0.29, 0.717) is 42.1 Å². The fraction of sp³-hybridized carbons (Fsp3) is 0.850. The number of carbonyl (C=O) groups is 3. The summed E-state index contributed by atoms with van der Waals surface area (Å²) >= 11 is 0. The van der Waals surface area contributed by atoms with Crippen molar-refractivity contribution in [2.24, 2.45) is 35.5 Å². The highest BCUT2D eigenvalue weighted by Crippen LogP contribution is 2.11. The maximum Gasteiger partial charge on any atom is 0.264 e. The topological polar surface area (TPSA) is 73.0 Å². The summed E-state index contributed by atoms with van der Waals surface area (Å²) in [6.07, 6.45) is 10.2. The smallest absolute Gasteiger partial charge is 0.264 e. The number of carbonyl (C=O) groups excluding carboxylic acids is 3. The van der Waals surface area contributed by atoms with Crippen LogP contribution in [0.25, 0.3) is 0 Å². The van der Waals surface area contributed by atoms with Crippen LogP contribution < -0.4 is 4.57 Å². The molecule has 0 saturated carbocycles. The van der Waals surface area contributed by atoms with Gasteiger partial charge < -0.3 is 14.7 Å². The van der Waals surface area contributed by atoms with Crippen molar-refractivity contribution in [1.29, 1.82) is 0 Å². The van der Waals surface area contributed by atoms with Gasteiger partial charge in [0.05, 0.1) is 19.6 Å². The third-order valence-electron chi connectivity index (χ3n) is 7.99. The minimum Gasteiger partial charge on any atom is -0.341 e. The van der Waals surface area contributed by atoms with Gasteiger partial charge in [0.2, 0.25) is 18.1 Å². The first-order chi connectivity index (χ1) is 22.5. The fourth-order valence-corrected chi connectivity index (χ4v) is 6.18. The van der Waals surface area contributed by atoms with Gasteiger partial charge in [0.1, 0.15) is 12.4 Å². The molecule has 0 aromatic carbocycles. The molecular weight excluding hydrogens is 612 g/mol. The van der Waals surface area contributed by atoms with E-state index in [9.17, 15) is 14.4 Å². The molecule has 49 heavy (non-hydrogen) atoms. The Morgan fingerprint density at radius 1 is 0.551 bits per heavy atom. The molecule has 0 N–H and O–H groups in total. The lowest BCUT2D eigenvalue weighted by atomic mass is 10.1. The summed E-state index contributed by atoms with van der Waals surface area (Å²) in [6.45, 7) is 33.0. The summed E-state index contributed by atoms with van der Waals surface area (Å²) in [6, 6.07) is 0. The Morgan fingerprint density at radius 3 is 1.31 bits per heavy atom. The van der Waals surface area contributed by atoms with Gasteiger partial charge in [-0.1, -0.05) is 96.9 Å². The van der Waals surface area contributed by atoms with Crippen molar-refractivity contribution in [3.05, 3.63) is 18.7 Å². The van der Waals surface area contributed by atoms with Gasteiger partial charge in [-0.2, -0.15) is 0 Å². The van der Waals surface area contributed by atoms with Crippen LogP contribution in [0, 0.1) is 35.5 Å². The van der Waals surface area contributed by atoms with Crippen molar-refractivity contribution >= 4 is 17.7 Å². The second-order valence-electron chi connectivity index (χ2n) is 16.7. The molecule has 0 bridgehead atoms. The Hall–Kier alpha value is -2.42. The molecule has 9 nitrogen and oxygen atoms in total. The lowest BCUT2D eigenvalue weighted by molar-refractivity contribution is -0.684. The molecule has 0 aliphatic heterocycles. The third kappa shape index (κ3) is 21.4. The van der Waals surface area contributed by atoms with Gasteiger partial charge in [-0.25, -0.2) is 9.13 Å². The van der Waals surface area contributed by atoms with Crippen molar-refractivity contribution in [1.82, 2.24) is 24.2 Å². The van der Waals surface area contributed by atoms with Crippen LogP contribution in [0.15, 0.2) is 18.7 Å². The SMILES string of the molecule is C.CC(C)CN(CC(C)C)C(=O)CN(CCCCCCn1cc[n+](CC(=O)N(CC(C)C)CC(C)C)c1)CC(=O)N(CC(C)C)CC(C)C. The Labute approximate surface area is 302 Å². The number of imidazole rings is 1. The Kier molecular flexibility index (Phi) is 23.5. The van der Waals surface area contributed by atoms with Crippen LogP contribution in [0.5, 0.6) is 0 Å². The summed E-state index contributed by atoms with van der Waals surface area (Å²) in [5.74, 6) is 2.92. The van der Waals surface area contributed by atoms with Gasteiger partial charge in [-0.3, -0.25) is 19.3 Å². The lowest BCUT2D eigenvalue weighted by Crippen LogP contribution is -2.48. The second kappa shape index (κ2) is 24.7. The largest absolute Gasteiger partial charge is 0.341 e. The first-order valence-electron chi connectivity index (χ1n) is 19.1. The number of nitrogens with zero attached hydrogens (tertiary/aromatic N) is 6. The van der Waals surface area contributed by atoms with Crippen LogP contribution in [-0.2, 0) is 27.5 Å². The predicted molar refractivity (Wildman–Crippen MR) is 205 cm³/mol. The Balaban J connectivity index is 0.0000230. The second-order valence-corrected chi connectivity index (χ2v) is 16.7. The zero-order chi connectivity index (χ0) is 36.4. The van der Waals surface area contributed by atoms with E-state index >= 15 is 0 Å². The van der Waals surface area contributed by atoms with Gasteiger partial charge >= 0.3 is 0 Å². The van der Waals surface area contributed by atoms with E-state index in [0.717, 1.165) is 78.0 Å². The number of unbranched alkanes of at least 4 members (excludes halogenated alkanes) is 3. The normalized spacial score (nSPS) is 11.8. The highest BCUT2D eigenvalue weighted by Gasteiger charge is 2.24. The number of aromatic nitrogens is 2. The molecule has 9 heteroatoms. The molecule has 1 heterocycles. The van der Waals surface area contributed by atoms with E-state index in [1.165, 1.54) is 0 Å². The predicted octanol–water partition coefficient (Wildman–Crippen LogP) is 6.70. The summed E-state index contributed by atoms with van der Waals surface area (Å²) in [5.41, 5.74) is 0. The van der Waals surface area contributed by atoms with E-state index in [1.54, 1.807) is 0 Å². The monoisotopic (exact) mass is 692 g/mol. The average molecular weight is 692 g/mol. The van der Waals surface area contributed by atoms with Crippen LogP contribution in [0.2, 0.25) is 0 Å². The van der Waals surface area contributed by atoms with Crippen molar-refractivity contribution in [3.63, 3.8) is 0 Å². The first kappa shape index (κ1) is 46.6. The van der Waals surface area contributed by atoms with E-state index < -0.39 is 0 Å². The summed E-state index contributed by atoms with van der Waals surface area (Å²) in [7, 11) is 0. The Bertz CT molecular complexity index is 981. The fourth-order valence-electron chi connectivity index (χ4n) is 6.18. The van der Waals surface area contributed by atoms with E-state index in [4.69, 9.17) is 0 Å². The highest BCUT2D eigenvalue weighted by molar-refractivity contribution is 5.81. The molecule has 0 atom stereocenters. The Morgan fingerprint density at radius 2 is 0.918 bits per heavy atom. The van der Waals surface area contributed by atoms with Crippen molar-refractivity contribution < 1.29 is 19.0 Å². The zero-order valence-corrected chi connectivity index (χ0v) is 33.2. The summed E-state index contributed by atoms with van der Waals surface area (Å²) in [4.78, 5) is 48.2. The van der Waals surface area contributed by atoms with Crippen LogP contribution in [0.3, 0.4) is 0 Å². The van der Waals surface area contributed by atoms with Crippen LogP contribution in [0.4, 0.5) is 0 Å². The molecule has 1 aromatic heterocycles. The number of amides is 3. The van der Waals surface area contributed by atoms with Crippen molar-refractivity contribution in [2.75, 3.05) is 58.9 Å².